The predicted molar refractivity (Wildman–Crippen MR) is 72.5 cm³/mol. The number of carboxylic acids is 1. The van der Waals surface area contributed by atoms with Gasteiger partial charge in [0.2, 0.25) is 5.91 Å². The second-order valence-electron chi connectivity index (χ2n) is 5.15. The fraction of sp³-hybridized carbons (Fsp3) is 0.417. The number of amides is 3. The lowest BCUT2D eigenvalue weighted by atomic mass is 10.0. The minimum Gasteiger partial charge on any atom is -0.477 e. The van der Waals surface area contributed by atoms with Crippen molar-refractivity contribution in [3.05, 3.63) is 17.5 Å². The van der Waals surface area contributed by atoms with Crippen molar-refractivity contribution in [1.29, 1.82) is 0 Å². The number of primary amides is 1. The standard InChI is InChI=1S/C12H18N4O4/c1-6-4-7(9(14-6)10(18)19)15-11(20)16-12(2,3)5-8(13)17/h4,14H,5H2,1-3H3,(H2,13,17)(H,18,19)(H2,15,16,20). The van der Waals surface area contributed by atoms with E-state index in [4.69, 9.17) is 10.8 Å². The van der Waals surface area contributed by atoms with Gasteiger partial charge in [0.25, 0.3) is 0 Å². The number of aryl methyl sites for hydroxylation is 1. The van der Waals surface area contributed by atoms with Crippen molar-refractivity contribution in [2.24, 2.45) is 5.73 Å². The van der Waals surface area contributed by atoms with Crippen molar-refractivity contribution in [3.8, 4) is 0 Å². The number of aromatic amines is 1. The van der Waals surface area contributed by atoms with Crippen LogP contribution < -0.4 is 16.4 Å². The van der Waals surface area contributed by atoms with E-state index in [2.05, 4.69) is 15.6 Å². The number of carboxylic acid groups (broad SMARTS) is 1. The van der Waals surface area contributed by atoms with Gasteiger partial charge in [-0.2, -0.15) is 0 Å². The summed E-state index contributed by atoms with van der Waals surface area (Å²) in [7, 11) is 0. The molecule has 0 saturated carbocycles. The van der Waals surface area contributed by atoms with Crippen LogP contribution in [0.4, 0.5) is 10.5 Å². The van der Waals surface area contributed by atoms with Crippen molar-refractivity contribution >= 4 is 23.6 Å². The SMILES string of the molecule is Cc1cc(NC(=O)NC(C)(C)CC(N)=O)c(C(=O)O)[nH]1. The molecule has 0 unspecified atom stereocenters. The van der Waals surface area contributed by atoms with Crippen molar-refractivity contribution in [1.82, 2.24) is 10.3 Å². The zero-order chi connectivity index (χ0) is 15.5. The Balaban J connectivity index is 2.76. The first kappa shape index (κ1) is 15.5. The van der Waals surface area contributed by atoms with Gasteiger partial charge in [-0.1, -0.05) is 0 Å². The summed E-state index contributed by atoms with van der Waals surface area (Å²) in [6.45, 7) is 4.95. The number of aromatic nitrogens is 1. The van der Waals surface area contributed by atoms with E-state index in [1.54, 1.807) is 20.8 Å². The molecular formula is C12H18N4O4. The highest BCUT2D eigenvalue weighted by molar-refractivity contribution is 5.99. The van der Waals surface area contributed by atoms with E-state index in [9.17, 15) is 14.4 Å². The lowest BCUT2D eigenvalue weighted by Gasteiger charge is -2.24. The van der Waals surface area contributed by atoms with Crippen LogP contribution in [0.1, 0.15) is 36.5 Å². The maximum absolute atomic E-state index is 11.8. The number of nitrogens with one attached hydrogen (secondary N) is 3. The molecule has 110 valence electrons. The Morgan fingerprint density at radius 2 is 2.00 bits per heavy atom. The molecule has 0 saturated heterocycles. The van der Waals surface area contributed by atoms with Crippen molar-refractivity contribution in [2.45, 2.75) is 32.7 Å². The van der Waals surface area contributed by atoms with E-state index in [0.717, 1.165) is 0 Å². The molecule has 20 heavy (non-hydrogen) atoms. The van der Waals surface area contributed by atoms with Crippen molar-refractivity contribution in [3.63, 3.8) is 0 Å². The molecule has 1 heterocycles. The van der Waals surface area contributed by atoms with Crippen LogP contribution in [0.2, 0.25) is 0 Å². The molecule has 1 rings (SSSR count). The normalized spacial score (nSPS) is 10.9. The second kappa shape index (κ2) is 5.64. The highest BCUT2D eigenvalue weighted by Gasteiger charge is 2.24. The molecule has 3 amide bonds. The molecule has 1 aromatic rings. The summed E-state index contributed by atoms with van der Waals surface area (Å²) in [6, 6.07) is 0.891. The Kier molecular flexibility index (Phi) is 4.38. The third kappa shape index (κ3) is 4.30. The van der Waals surface area contributed by atoms with Crippen molar-refractivity contribution in [2.75, 3.05) is 5.32 Å². The molecule has 8 heteroatoms. The molecule has 0 aliphatic carbocycles. The number of hydrogen-bond donors (Lipinski definition) is 5. The number of anilines is 1. The zero-order valence-corrected chi connectivity index (χ0v) is 11.5. The highest BCUT2D eigenvalue weighted by Crippen LogP contribution is 2.17. The molecule has 0 spiro atoms. The largest absolute Gasteiger partial charge is 0.477 e. The van der Waals surface area contributed by atoms with Crippen molar-refractivity contribution < 1.29 is 19.5 Å². The number of H-pyrrole nitrogens is 1. The maximum atomic E-state index is 11.8. The summed E-state index contributed by atoms with van der Waals surface area (Å²) >= 11 is 0. The molecule has 0 aliphatic heterocycles. The average Bonchev–Trinajstić information content (AvgIpc) is 2.55. The van der Waals surface area contributed by atoms with E-state index in [1.807, 2.05) is 0 Å². The molecule has 0 aromatic carbocycles. The predicted octanol–water partition coefficient (Wildman–Crippen LogP) is 0.797. The van der Waals surface area contributed by atoms with Gasteiger partial charge in [0.15, 0.2) is 0 Å². The third-order valence-electron chi connectivity index (χ3n) is 2.48. The summed E-state index contributed by atoms with van der Waals surface area (Å²) in [5, 5.41) is 14.0. The van der Waals surface area contributed by atoms with Crippen LogP contribution in [0.3, 0.4) is 0 Å². The van der Waals surface area contributed by atoms with Gasteiger partial charge in [-0.05, 0) is 26.8 Å². The summed E-state index contributed by atoms with van der Waals surface area (Å²) in [6.07, 6.45) is -0.0294. The Hall–Kier alpha value is -2.51. The third-order valence-corrected chi connectivity index (χ3v) is 2.48. The van der Waals surface area contributed by atoms with Crippen LogP contribution in [0.25, 0.3) is 0 Å². The minimum absolute atomic E-state index is 0.0294. The number of carbonyl (C=O) groups excluding carboxylic acids is 2. The maximum Gasteiger partial charge on any atom is 0.354 e. The van der Waals surface area contributed by atoms with Gasteiger partial charge in [0.1, 0.15) is 5.69 Å². The quantitative estimate of drug-likeness (QED) is 0.545. The fourth-order valence-corrected chi connectivity index (χ4v) is 1.80. The molecular weight excluding hydrogens is 264 g/mol. The van der Waals surface area contributed by atoms with Crippen LogP contribution in [0.15, 0.2) is 6.07 Å². The number of nitrogens with two attached hydrogens (primary N) is 1. The number of rotatable bonds is 5. The molecule has 0 fully saturated rings. The summed E-state index contributed by atoms with van der Waals surface area (Å²) in [5.41, 5.74) is 4.91. The number of carbonyl (C=O) groups is 3. The van der Waals surface area contributed by atoms with Gasteiger partial charge in [0.05, 0.1) is 5.69 Å². The van der Waals surface area contributed by atoms with Crippen LogP contribution in [0, 0.1) is 6.92 Å². The first-order valence-corrected chi connectivity index (χ1v) is 5.91. The van der Waals surface area contributed by atoms with E-state index in [-0.39, 0.29) is 17.8 Å². The number of hydrogen-bond acceptors (Lipinski definition) is 3. The first-order chi connectivity index (χ1) is 9.10. The van der Waals surface area contributed by atoms with Gasteiger partial charge in [-0.3, -0.25) is 4.79 Å². The second-order valence-corrected chi connectivity index (χ2v) is 5.15. The molecule has 0 aliphatic rings. The smallest absolute Gasteiger partial charge is 0.354 e. The molecule has 0 bridgehead atoms. The van der Waals surface area contributed by atoms with Crippen LogP contribution in [-0.2, 0) is 4.79 Å². The summed E-state index contributed by atoms with van der Waals surface area (Å²) in [5.74, 6) is -1.72. The van der Waals surface area contributed by atoms with Crippen LogP contribution >= 0.6 is 0 Å². The first-order valence-electron chi connectivity index (χ1n) is 5.91. The molecule has 1 aromatic heterocycles. The highest BCUT2D eigenvalue weighted by atomic mass is 16.4. The summed E-state index contributed by atoms with van der Waals surface area (Å²) in [4.78, 5) is 36.3. The van der Waals surface area contributed by atoms with E-state index < -0.39 is 23.4 Å². The lowest BCUT2D eigenvalue weighted by Crippen LogP contribution is -2.47. The summed E-state index contributed by atoms with van der Waals surface area (Å²) < 4.78 is 0. The fourth-order valence-electron chi connectivity index (χ4n) is 1.80. The molecule has 6 N–H and O–H groups in total. The van der Waals surface area contributed by atoms with E-state index >= 15 is 0 Å². The minimum atomic E-state index is -1.18. The van der Waals surface area contributed by atoms with Gasteiger partial charge < -0.3 is 26.5 Å². The van der Waals surface area contributed by atoms with Crippen LogP contribution in [-0.4, -0.2) is 33.5 Å². The Bertz CT molecular complexity index is 548. The van der Waals surface area contributed by atoms with E-state index in [1.165, 1.54) is 6.07 Å². The Labute approximate surface area is 115 Å². The lowest BCUT2D eigenvalue weighted by molar-refractivity contribution is -0.119. The topological polar surface area (TPSA) is 137 Å². The number of urea groups is 1. The molecule has 8 nitrogen and oxygen atoms in total. The molecule has 0 atom stereocenters. The van der Waals surface area contributed by atoms with Crippen LogP contribution in [0.5, 0.6) is 0 Å². The van der Waals surface area contributed by atoms with Gasteiger partial charge in [-0.15, -0.1) is 0 Å². The van der Waals surface area contributed by atoms with Gasteiger partial charge in [0, 0.05) is 17.7 Å². The Morgan fingerprint density at radius 3 is 2.50 bits per heavy atom. The number of aromatic carboxylic acids is 1. The Morgan fingerprint density at radius 1 is 1.40 bits per heavy atom. The zero-order valence-electron chi connectivity index (χ0n) is 11.5. The average molecular weight is 282 g/mol. The monoisotopic (exact) mass is 282 g/mol. The van der Waals surface area contributed by atoms with Gasteiger partial charge >= 0.3 is 12.0 Å². The molecule has 0 radical (unpaired) electrons. The van der Waals surface area contributed by atoms with E-state index in [0.29, 0.717) is 5.69 Å². The van der Waals surface area contributed by atoms with Gasteiger partial charge in [-0.25, -0.2) is 9.59 Å².